The fourth-order valence-electron chi connectivity index (χ4n) is 6.64. The van der Waals surface area contributed by atoms with E-state index in [9.17, 15) is 14.4 Å². The Balaban J connectivity index is 1.64. The highest BCUT2D eigenvalue weighted by atomic mass is 16.2. The van der Waals surface area contributed by atoms with E-state index in [-0.39, 0.29) is 17.6 Å². The van der Waals surface area contributed by atoms with Gasteiger partial charge in [0.05, 0.1) is 28.4 Å². The van der Waals surface area contributed by atoms with Crippen molar-refractivity contribution < 1.29 is 14.4 Å². The van der Waals surface area contributed by atoms with Gasteiger partial charge in [-0.05, 0) is 48.3 Å². The van der Waals surface area contributed by atoms with Crippen molar-refractivity contribution in [2.24, 2.45) is 22.7 Å². The zero-order valence-corrected chi connectivity index (χ0v) is 18.5. The summed E-state index contributed by atoms with van der Waals surface area (Å²) in [6, 6.07) is 28.7. The maximum atomic E-state index is 14.2. The first-order chi connectivity index (χ1) is 15.9. The molecule has 0 spiro atoms. The first-order valence-electron chi connectivity index (χ1n) is 11.3. The van der Waals surface area contributed by atoms with E-state index >= 15 is 0 Å². The number of carbonyl (C=O) groups is 3. The van der Waals surface area contributed by atoms with Crippen molar-refractivity contribution in [1.82, 2.24) is 0 Å². The fourth-order valence-corrected chi connectivity index (χ4v) is 6.64. The monoisotopic (exact) mass is 433 g/mol. The molecule has 3 aromatic rings. The summed E-state index contributed by atoms with van der Waals surface area (Å²) in [5.41, 5.74) is 1.99. The topological polar surface area (TPSA) is 54.5 Å². The van der Waals surface area contributed by atoms with E-state index in [1.165, 1.54) is 4.90 Å². The maximum Gasteiger partial charge on any atom is 0.239 e. The second-order valence-electron chi connectivity index (χ2n) is 9.52. The molecule has 1 heterocycles. The predicted molar refractivity (Wildman–Crippen MR) is 127 cm³/mol. The number of amides is 2. The number of fused-ring (bicyclic) bond motifs is 5. The number of hydrogen-bond acceptors (Lipinski definition) is 3. The van der Waals surface area contributed by atoms with Gasteiger partial charge in [0.15, 0.2) is 5.78 Å². The molecular weight excluding hydrogens is 410 g/mol. The summed E-state index contributed by atoms with van der Waals surface area (Å²) < 4.78 is 0. The minimum absolute atomic E-state index is 0.0304. The number of anilines is 1. The number of imide groups is 1. The number of carbonyl (C=O) groups excluding carboxylic acids is 3. The molecule has 2 aliphatic carbocycles. The van der Waals surface area contributed by atoms with Crippen molar-refractivity contribution in [3.63, 3.8) is 0 Å². The van der Waals surface area contributed by atoms with Crippen LogP contribution in [0, 0.1) is 22.7 Å². The van der Waals surface area contributed by atoms with E-state index in [1.54, 1.807) is 12.1 Å². The minimum atomic E-state index is -1.08. The van der Waals surface area contributed by atoms with Crippen LogP contribution in [0.3, 0.4) is 0 Å². The summed E-state index contributed by atoms with van der Waals surface area (Å²) in [7, 11) is 0. The highest BCUT2D eigenvalue weighted by Gasteiger charge is 2.78. The van der Waals surface area contributed by atoms with Gasteiger partial charge in [-0.2, -0.15) is 0 Å². The highest BCUT2D eigenvalue weighted by molar-refractivity contribution is 6.34. The van der Waals surface area contributed by atoms with Crippen LogP contribution in [0.15, 0.2) is 91.0 Å². The largest absolute Gasteiger partial charge is 0.298 e. The summed E-state index contributed by atoms with van der Waals surface area (Å²) in [5, 5.41) is 0. The van der Waals surface area contributed by atoms with E-state index in [1.807, 2.05) is 92.7 Å². The molecule has 4 atom stereocenters. The van der Waals surface area contributed by atoms with Crippen LogP contribution in [0.2, 0.25) is 0 Å². The molecule has 4 heteroatoms. The normalized spacial score (nSPS) is 30.4. The van der Waals surface area contributed by atoms with Crippen LogP contribution in [0.1, 0.15) is 25.0 Å². The van der Waals surface area contributed by atoms with Crippen LogP contribution in [-0.2, 0) is 14.4 Å². The first kappa shape index (κ1) is 19.9. The van der Waals surface area contributed by atoms with E-state index < -0.39 is 22.7 Å². The number of benzene rings is 3. The average Bonchev–Trinajstić information content (AvgIpc) is 3.30. The van der Waals surface area contributed by atoms with Gasteiger partial charge in [-0.1, -0.05) is 78.9 Å². The van der Waals surface area contributed by atoms with Gasteiger partial charge in [0.1, 0.15) is 0 Å². The molecule has 2 fully saturated rings. The first-order valence-corrected chi connectivity index (χ1v) is 11.3. The standard InChI is InChI=1S/C29H23NO3/c1-28-21(18-12-6-3-7-13-18)22(19-14-8-4-9-15-19)29(2,27(28)33)24-23(28)25(31)30(26(24)32)20-16-10-5-11-17-20/h3-17,23-24H,1-2H3/t23-,24-,28-,29-/m0/s1. The third kappa shape index (κ3) is 2.28. The van der Waals surface area contributed by atoms with Crippen molar-refractivity contribution in [3.05, 3.63) is 102 Å². The molecule has 33 heavy (non-hydrogen) atoms. The molecule has 0 N–H and O–H groups in total. The van der Waals surface area contributed by atoms with E-state index in [0.29, 0.717) is 5.69 Å². The van der Waals surface area contributed by atoms with Gasteiger partial charge in [-0.3, -0.25) is 14.4 Å². The van der Waals surface area contributed by atoms with E-state index in [4.69, 9.17) is 0 Å². The third-order valence-electron chi connectivity index (χ3n) is 7.92. The smallest absolute Gasteiger partial charge is 0.239 e. The summed E-state index contributed by atoms with van der Waals surface area (Å²) in [5.74, 6) is -2.03. The number of rotatable bonds is 3. The quantitative estimate of drug-likeness (QED) is 0.546. The lowest BCUT2D eigenvalue weighted by Gasteiger charge is -2.35. The Morgan fingerprint density at radius 1 is 0.576 bits per heavy atom. The summed E-state index contributed by atoms with van der Waals surface area (Å²) >= 11 is 0. The number of ketones is 1. The number of para-hydroxylation sites is 1. The number of Topliss-reactive ketones (excluding diaryl/α,β-unsaturated/α-hetero) is 1. The fraction of sp³-hybridized carbons (Fsp3) is 0.207. The van der Waals surface area contributed by atoms with Crippen LogP contribution < -0.4 is 4.90 Å². The predicted octanol–water partition coefficient (Wildman–Crippen LogP) is 5.01. The second kappa shape index (κ2) is 6.61. The van der Waals surface area contributed by atoms with Crippen LogP contribution >= 0.6 is 0 Å². The molecule has 1 saturated heterocycles. The van der Waals surface area contributed by atoms with Crippen LogP contribution in [0.4, 0.5) is 5.69 Å². The molecule has 2 bridgehead atoms. The van der Waals surface area contributed by atoms with Crippen molar-refractivity contribution >= 4 is 34.4 Å². The molecule has 0 radical (unpaired) electrons. The van der Waals surface area contributed by atoms with Gasteiger partial charge in [-0.25, -0.2) is 4.90 Å². The van der Waals surface area contributed by atoms with Gasteiger partial charge in [0.2, 0.25) is 11.8 Å². The summed E-state index contributed by atoms with van der Waals surface area (Å²) in [6.45, 7) is 3.74. The van der Waals surface area contributed by atoms with Gasteiger partial charge >= 0.3 is 0 Å². The lowest BCUT2D eigenvalue weighted by Crippen LogP contribution is -2.40. The Morgan fingerprint density at radius 2 is 0.939 bits per heavy atom. The lowest BCUT2D eigenvalue weighted by molar-refractivity contribution is -0.133. The van der Waals surface area contributed by atoms with Crippen molar-refractivity contribution in [3.8, 4) is 0 Å². The molecule has 2 amide bonds. The molecule has 1 saturated carbocycles. The van der Waals surface area contributed by atoms with Crippen LogP contribution in [0.5, 0.6) is 0 Å². The van der Waals surface area contributed by atoms with Crippen LogP contribution in [0.25, 0.3) is 11.1 Å². The molecule has 0 unspecified atom stereocenters. The molecule has 0 aromatic heterocycles. The number of nitrogens with zero attached hydrogens (tertiary/aromatic N) is 1. The van der Waals surface area contributed by atoms with Gasteiger partial charge in [0.25, 0.3) is 0 Å². The van der Waals surface area contributed by atoms with Crippen molar-refractivity contribution in [2.75, 3.05) is 4.90 Å². The zero-order chi connectivity index (χ0) is 23.0. The SMILES string of the molecule is C[C@]12C(=O)[C@@](C)(C(c3ccccc3)=C1c1ccccc1)[C@@H]1C(=O)N(c3ccccc3)C(=O)[C@H]12. The Bertz CT molecular complexity index is 1260. The Morgan fingerprint density at radius 3 is 1.33 bits per heavy atom. The molecule has 1 aliphatic heterocycles. The minimum Gasteiger partial charge on any atom is -0.298 e. The molecule has 162 valence electrons. The summed E-state index contributed by atoms with van der Waals surface area (Å²) in [6.07, 6.45) is 0. The van der Waals surface area contributed by atoms with Crippen LogP contribution in [-0.4, -0.2) is 17.6 Å². The van der Waals surface area contributed by atoms with E-state index in [0.717, 1.165) is 22.3 Å². The summed E-state index contributed by atoms with van der Waals surface area (Å²) in [4.78, 5) is 43.1. The van der Waals surface area contributed by atoms with E-state index in [2.05, 4.69) is 0 Å². The second-order valence-corrected chi connectivity index (χ2v) is 9.52. The lowest BCUT2D eigenvalue weighted by atomic mass is 9.63. The number of allylic oxidation sites excluding steroid dienone is 2. The highest BCUT2D eigenvalue weighted by Crippen LogP contribution is 2.73. The third-order valence-corrected chi connectivity index (χ3v) is 7.92. The van der Waals surface area contributed by atoms with Crippen molar-refractivity contribution in [2.45, 2.75) is 13.8 Å². The molecule has 6 rings (SSSR count). The van der Waals surface area contributed by atoms with Gasteiger partial charge in [0, 0.05) is 0 Å². The van der Waals surface area contributed by atoms with Crippen molar-refractivity contribution in [1.29, 1.82) is 0 Å². The molecule has 4 nitrogen and oxygen atoms in total. The number of hydrogen-bond donors (Lipinski definition) is 0. The zero-order valence-electron chi connectivity index (χ0n) is 18.5. The molecule has 3 aliphatic rings. The molecule has 3 aromatic carbocycles. The maximum absolute atomic E-state index is 14.2. The molecular formula is C29H23NO3. The average molecular weight is 434 g/mol. The Hall–Kier alpha value is -3.79. The van der Waals surface area contributed by atoms with Gasteiger partial charge in [-0.15, -0.1) is 0 Å². The van der Waals surface area contributed by atoms with Gasteiger partial charge < -0.3 is 0 Å². The Labute approximate surface area is 192 Å². The Kier molecular flexibility index (Phi) is 3.98.